The number of phenolic OH excluding ortho intramolecular Hbond substituents is 1. The summed E-state index contributed by atoms with van der Waals surface area (Å²) in [5.41, 5.74) is 3.35. The molecule has 0 radical (unpaired) electrons. The molecule has 4 aromatic carbocycles. The Morgan fingerprint density at radius 3 is 2.12 bits per heavy atom. The first kappa shape index (κ1) is 22.7. The lowest BCUT2D eigenvalue weighted by Crippen LogP contribution is -2.20. The maximum absolute atomic E-state index is 12.8. The molecule has 0 fully saturated rings. The minimum atomic E-state index is -2.45. The van der Waals surface area contributed by atoms with Crippen LogP contribution in [-0.4, -0.2) is 19.8 Å². The average Bonchev–Trinajstić information content (AvgIpc) is 2.83. The number of nitrogens with zero attached hydrogens (tertiary/aromatic N) is 1. The summed E-state index contributed by atoms with van der Waals surface area (Å²) >= 11 is 0.872. The number of hydrogen-bond acceptors (Lipinski definition) is 3. The number of hydrogen-bond donors (Lipinski definition) is 3. The van der Waals surface area contributed by atoms with Crippen molar-refractivity contribution in [3.05, 3.63) is 107 Å². The molecule has 0 bridgehead atoms. The molecule has 3 N–H and O–H groups in total. The first-order valence-electron chi connectivity index (χ1n) is 9.89. The summed E-state index contributed by atoms with van der Waals surface area (Å²) in [4.78, 5) is 12.8. The molecule has 4 aromatic rings. The summed E-state index contributed by atoms with van der Waals surface area (Å²) < 4.78 is 23.8. The van der Waals surface area contributed by atoms with E-state index >= 15 is 0 Å². The number of benzene rings is 4. The van der Waals surface area contributed by atoms with E-state index in [9.17, 15) is 18.7 Å². The highest BCUT2D eigenvalue weighted by Crippen LogP contribution is 2.36. The minimum absolute atomic E-state index is 0.0791. The molecule has 1 amide bonds. The van der Waals surface area contributed by atoms with Crippen molar-refractivity contribution in [3.63, 3.8) is 0 Å². The zero-order chi connectivity index (χ0) is 23.4. The van der Waals surface area contributed by atoms with E-state index in [1.54, 1.807) is 36.4 Å². The minimum Gasteiger partial charge on any atom is -0.506 e. The van der Waals surface area contributed by atoms with Crippen molar-refractivity contribution in [3.8, 4) is 16.9 Å². The zero-order valence-electron chi connectivity index (χ0n) is 17.2. The van der Waals surface area contributed by atoms with Gasteiger partial charge in [-0.2, -0.15) is 0 Å². The Hall–Kier alpha value is -3.46. The van der Waals surface area contributed by atoms with Crippen LogP contribution in [0.25, 0.3) is 11.1 Å². The molecule has 8 heteroatoms. The summed E-state index contributed by atoms with van der Waals surface area (Å²) in [6, 6.07) is 28.1. The number of aromatic hydroxyl groups is 1. The van der Waals surface area contributed by atoms with Crippen LogP contribution in [0, 0.1) is 0 Å². The van der Waals surface area contributed by atoms with Crippen molar-refractivity contribution < 1.29 is 18.7 Å². The Labute approximate surface area is 202 Å². The number of amides is 1. The second kappa shape index (κ2) is 9.99. The topological polar surface area (TPSA) is 89.9 Å². The van der Waals surface area contributed by atoms with E-state index in [4.69, 9.17) is 0 Å². The van der Waals surface area contributed by atoms with Crippen molar-refractivity contribution >= 4 is 50.2 Å². The number of carbonyl (C=O) groups excluding carboxylic acids is 1. The average molecular weight is 523 g/mol. The molecule has 0 aliphatic heterocycles. The van der Waals surface area contributed by atoms with Crippen LogP contribution in [0.5, 0.6) is 5.75 Å². The van der Waals surface area contributed by atoms with Crippen LogP contribution in [0.15, 0.2) is 102 Å². The fourth-order valence-electron chi connectivity index (χ4n) is 3.30. The lowest BCUT2D eigenvalue weighted by molar-refractivity contribution is 0.102. The molecule has 6 nitrogen and oxygen atoms in total. The zero-order valence-corrected chi connectivity index (χ0v) is 19.6. The molecule has 1 unspecified atom stereocenters. The summed E-state index contributed by atoms with van der Waals surface area (Å²) in [7, 11) is 0. The van der Waals surface area contributed by atoms with Crippen LogP contribution >= 0.6 is 15.9 Å². The molecule has 0 aliphatic rings. The number of halogens is 1. The normalized spacial score (nSPS) is 11.6. The molecule has 0 heterocycles. The Morgan fingerprint density at radius 2 is 1.48 bits per heavy atom. The Kier molecular flexibility index (Phi) is 6.88. The molecule has 166 valence electrons. The molecule has 0 aromatic heterocycles. The standard InChI is InChI=1S/C25H19BrN2O4S/c26-20-10-13-22(14-11-20)28(33(31)32)23-16-21(12-15-24(23)29)27-25(30)19-8-6-18(7-9-19)17-4-2-1-3-5-17/h1-16,29H,(H,27,30)(H,31,32). The van der Waals surface area contributed by atoms with E-state index in [-0.39, 0.29) is 17.3 Å². The highest BCUT2D eigenvalue weighted by molar-refractivity contribution is 9.10. The number of rotatable bonds is 6. The van der Waals surface area contributed by atoms with E-state index in [0.717, 1.165) is 19.9 Å². The van der Waals surface area contributed by atoms with Crippen LogP contribution in [0.4, 0.5) is 17.1 Å². The first-order chi connectivity index (χ1) is 15.9. The van der Waals surface area contributed by atoms with Gasteiger partial charge in [-0.1, -0.05) is 58.4 Å². The van der Waals surface area contributed by atoms with Crippen molar-refractivity contribution in [2.45, 2.75) is 0 Å². The van der Waals surface area contributed by atoms with Crippen molar-refractivity contribution in [2.75, 3.05) is 9.62 Å². The number of nitrogens with one attached hydrogen (secondary N) is 1. The quantitative estimate of drug-likeness (QED) is 0.203. The number of phenols is 1. The highest BCUT2D eigenvalue weighted by atomic mass is 79.9. The number of carbonyl (C=O) groups is 1. The predicted molar refractivity (Wildman–Crippen MR) is 135 cm³/mol. The van der Waals surface area contributed by atoms with Crippen LogP contribution in [-0.2, 0) is 11.3 Å². The van der Waals surface area contributed by atoms with Gasteiger partial charge in [-0.25, -0.2) is 8.51 Å². The predicted octanol–water partition coefficient (Wildman–Crippen LogP) is 6.35. The van der Waals surface area contributed by atoms with E-state index in [1.165, 1.54) is 18.2 Å². The summed E-state index contributed by atoms with van der Waals surface area (Å²) in [6.45, 7) is 0. The molecule has 0 aliphatic carbocycles. The molecule has 4 rings (SSSR count). The molecule has 0 saturated carbocycles. The monoisotopic (exact) mass is 522 g/mol. The van der Waals surface area contributed by atoms with Gasteiger partial charge in [0, 0.05) is 15.7 Å². The van der Waals surface area contributed by atoms with Gasteiger partial charge in [-0.05, 0) is 65.7 Å². The van der Waals surface area contributed by atoms with Gasteiger partial charge in [0.15, 0.2) is 0 Å². The second-order valence-electron chi connectivity index (χ2n) is 7.10. The third-order valence-corrected chi connectivity index (χ3v) is 6.17. The maximum atomic E-state index is 12.8. The Bertz CT molecular complexity index is 1300. The van der Waals surface area contributed by atoms with E-state index < -0.39 is 11.3 Å². The Morgan fingerprint density at radius 1 is 0.848 bits per heavy atom. The molecule has 33 heavy (non-hydrogen) atoms. The van der Waals surface area contributed by atoms with Gasteiger partial charge in [0.05, 0.1) is 5.69 Å². The molecular weight excluding hydrogens is 504 g/mol. The first-order valence-corrected chi connectivity index (χ1v) is 11.7. The lowest BCUT2D eigenvalue weighted by atomic mass is 10.0. The smallest absolute Gasteiger partial charge is 0.266 e. The summed E-state index contributed by atoms with van der Waals surface area (Å²) in [6.07, 6.45) is 0. The van der Waals surface area contributed by atoms with E-state index in [2.05, 4.69) is 21.2 Å². The van der Waals surface area contributed by atoms with Crippen LogP contribution in [0.1, 0.15) is 10.4 Å². The third-order valence-electron chi connectivity index (χ3n) is 4.92. The van der Waals surface area contributed by atoms with E-state index in [1.807, 2.05) is 42.5 Å². The molecular formula is C25H19BrN2O4S. The van der Waals surface area contributed by atoms with Crippen LogP contribution < -0.4 is 9.62 Å². The fraction of sp³-hybridized carbons (Fsp3) is 0. The van der Waals surface area contributed by atoms with Crippen LogP contribution in [0.2, 0.25) is 0 Å². The fourth-order valence-corrected chi connectivity index (χ4v) is 4.18. The van der Waals surface area contributed by atoms with Gasteiger partial charge >= 0.3 is 0 Å². The van der Waals surface area contributed by atoms with Gasteiger partial charge in [0.1, 0.15) is 11.4 Å². The largest absolute Gasteiger partial charge is 0.506 e. The SMILES string of the molecule is O=C(Nc1ccc(O)c(N(c2ccc(Br)cc2)S(=O)O)c1)c1ccc(-c2ccccc2)cc1. The van der Waals surface area contributed by atoms with Crippen molar-refractivity contribution in [2.24, 2.45) is 0 Å². The Balaban J connectivity index is 1.58. The van der Waals surface area contributed by atoms with E-state index in [0.29, 0.717) is 16.9 Å². The highest BCUT2D eigenvalue weighted by Gasteiger charge is 2.20. The summed E-state index contributed by atoms with van der Waals surface area (Å²) in [5.74, 6) is -0.544. The lowest BCUT2D eigenvalue weighted by Gasteiger charge is -2.22. The molecule has 0 spiro atoms. The van der Waals surface area contributed by atoms with Gasteiger partial charge < -0.3 is 10.4 Å². The third kappa shape index (κ3) is 5.31. The summed E-state index contributed by atoms with van der Waals surface area (Å²) in [5, 5.41) is 13.1. The molecule has 0 saturated heterocycles. The van der Waals surface area contributed by atoms with Gasteiger partial charge in [0.2, 0.25) is 0 Å². The van der Waals surface area contributed by atoms with Gasteiger partial charge in [-0.15, -0.1) is 0 Å². The number of anilines is 3. The van der Waals surface area contributed by atoms with Crippen molar-refractivity contribution in [1.82, 2.24) is 0 Å². The van der Waals surface area contributed by atoms with Crippen molar-refractivity contribution in [1.29, 1.82) is 0 Å². The van der Waals surface area contributed by atoms with Crippen LogP contribution in [0.3, 0.4) is 0 Å². The van der Waals surface area contributed by atoms with Gasteiger partial charge in [-0.3, -0.25) is 9.35 Å². The van der Waals surface area contributed by atoms with Gasteiger partial charge in [0.25, 0.3) is 17.2 Å². The second-order valence-corrected chi connectivity index (χ2v) is 8.84. The molecule has 1 atom stereocenters. The maximum Gasteiger partial charge on any atom is 0.266 e.